The summed E-state index contributed by atoms with van der Waals surface area (Å²) in [5.74, 6) is 0. The van der Waals surface area contributed by atoms with Gasteiger partial charge in [-0.2, -0.15) is 0 Å². The number of aliphatic hydroxyl groups excluding tert-OH is 1. The van der Waals surface area contributed by atoms with Crippen LogP contribution in [0.15, 0.2) is 12.2 Å². The molecule has 0 saturated carbocycles. The Bertz CT molecular complexity index is 450. The number of nitrogens with zero attached hydrogens (tertiary/aromatic N) is 3. The summed E-state index contributed by atoms with van der Waals surface area (Å²) in [5, 5.41) is 32.3. The third-order valence-electron chi connectivity index (χ3n) is 4.48. The van der Waals surface area contributed by atoms with Crippen LogP contribution in [0.1, 0.15) is 26.2 Å². The zero-order valence-corrected chi connectivity index (χ0v) is 11.4. The first-order chi connectivity index (χ1) is 9.39. The van der Waals surface area contributed by atoms with E-state index in [1.807, 2.05) is 6.92 Å². The lowest BCUT2D eigenvalue weighted by atomic mass is 9.71. The lowest BCUT2D eigenvalue weighted by molar-refractivity contribution is -0.620. The third kappa shape index (κ3) is 2.18. The van der Waals surface area contributed by atoms with Gasteiger partial charge in [0.2, 0.25) is 5.54 Å². The van der Waals surface area contributed by atoms with Gasteiger partial charge in [-0.15, -0.1) is 0 Å². The van der Waals surface area contributed by atoms with Crippen LogP contribution in [-0.4, -0.2) is 56.7 Å². The van der Waals surface area contributed by atoms with E-state index in [1.165, 1.54) is 6.08 Å². The van der Waals surface area contributed by atoms with E-state index >= 15 is 0 Å². The Kier molecular flexibility index (Phi) is 3.79. The van der Waals surface area contributed by atoms with Crippen LogP contribution in [0.3, 0.4) is 0 Å². The Hall–Kier alpha value is -1.54. The molecule has 1 aliphatic heterocycles. The van der Waals surface area contributed by atoms with Crippen molar-refractivity contribution in [3.05, 3.63) is 32.4 Å². The topological polar surface area (TPSA) is 110 Å². The van der Waals surface area contributed by atoms with E-state index < -0.39 is 16.0 Å². The van der Waals surface area contributed by atoms with Crippen molar-refractivity contribution < 1.29 is 15.0 Å². The van der Waals surface area contributed by atoms with Gasteiger partial charge in [-0.25, -0.2) is 0 Å². The Balaban J connectivity index is 2.41. The molecule has 0 unspecified atom stereocenters. The fraction of sp³-hybridized carbons (Fsp3) is 0.833. The third-order valence-corrected chi connectivity index (χ3v) is 4.48. The second-order valence-electron chi connectivity index (χ2n) is 5.78. The normalized spacial score (nSPS) is 34.7. The maximum atomic E-state index is 11.5. The molecular weight excluding hydrogens is 266 g/mol. The van der Waals surface area contributed by atoms with Gasteiger partial charge in [0.05, 0.1) is 26.1 Å². The molecule has 1 saturated heterocycles. The van der Waals surface area contributed by atoms with Crippen LogP contribution in [0.5, 0.6) is 0 Å². The van der Waals surface area contributed by atoms with Gasteiger partial charge in [0, 0.05) is 22.3 Å². The summed E-state index contributed by atoms with van der Waals surface area (Å²) in [6.45, 7) is 1.98. The van der Waals surface area contributed by atoms with Crippen molar-refractivity contribution >= 4 is 0 Å². The van der Waals surface area contributed by atoms with Gasteiger partial charge in [0.15, 0.2) is 0 Å². The molecular formula is C12H19N3O5. The average Bonchev–Trinajstić information content (AvgIpc) is 2.39. The highest BCUT2D eigenvalue weighted by Crippen LogP contribution is 2.41. The zero-order chi connectivity index (χ0) is 15.0. The molecule has 1 heterocycles. The fourth-order valence-corrected chi connectivity index (χ4v) is 3.35. The minimum absolute atomic E-state index is 0.0745. The quantitative estimate of drug-likeness (QED) is 0.446. The predicted octanol–water partition coefficient (Wildman–Crippen LogP) is 0.454. The van der Waals surface area contributed by atoms with Crippen molar-refractivity contribution in [2.45, 2.75) is 43.3 Å². The highest BCUT2D eigenvalue weighted by Gasteiger charge is 2.62. The van der Waals surface area contributed by atoms with Crippen molar-refractivity contribution in [2.24, 2.45) is 0 Å². The molecule has 3 atom stereocenters. The van der Waals surface area contributed by atoms with Crippen LogP contribution in [0.25, 0.3) is 0 Å². The monoisotopic (exact) mass is 285 g/mol. The molecule has 112 valence electrons. The maximum Gasteiger partial charge on any atom is 0.259 e. The average molecular weight is 285 g/mol. The minimum atomic E-state index is -1.41. The number of piperidine rings is 1. The molecule has 2 rings (SSSR count). The number of fused-ring (bicyclic) bond motifs is 2. The smallest absolute Gasteiger partial charge is 0.259 e. The predicted molar refractivity (Wildman–Crippen MR) is 70.6 cm³/mol. The molecule has 0 radical (unpaired) electrons. The standard InChI is InChI=1S/C12H19N3O5/c1-2-10(6-16)13-8-11(14(17)18)4-3-5-12(7-11,9-13)15(19)20/h3-4,10,16H,2,5-9H2,1H3/t10-,11+,12-/m0/s1. The highest BCUT2D eigenvalue weighted by molar-refractivity contribution is 5.17. The molecule has 0 aromatic rings. The lowest BCUT2D eigenvalue weighted by Crippen LogP contribution is -2.67. The molecule has 8 heteroatoms. The molecule has 0 aromatic heterocycles. The molecule has 1 fully saturated rings. The SMILES string of the molecule is CC[C@@H](CO)N1C[C@@]2([N+](=O)[O-])C=CC[C@@]([N+](=O)[O-])(C1)C2. The van der Waals surface area contributed by atoms with Gasteiger partial charge in [-0.05, 0) is 12.5 Å². The molecule has 0 aromatic carbocycles. The zero-order valence-electron chi connectivity index (χ0n) is 11.4. The molecule has 1 aliphatic carbocycles. The first-order valence-electron chi connectivity index (χ1n) is 6.71. The van der Waals surface area contributed by atoms with Crippen molar-refractivity contribution in [1.82, 2.24) is 4.90 Å². The Morgan fingerprint density at radius 1 is 1.35 bits per heavy atom. The molecule has 2 bridgehead atoms. The highest BCUT2D eigenvalue weighted by atomic mass is 16.6. The van der Waals surface area contributed by atoms with E-state index in [9.17, 15) is 25.3 Å². The van der Waals surface area contributed by atoms with E-state index in [-0.39, 0.29) is 43.5 Å². The van der Waals surface area contributed by atoms with Gasteiger partial charge < -0.3 is 5.11 Å². The van der Waals surface area contributed by atoms with E-state index in [1.54, 1.807) is 11.0 Å². The van der Waals surface area contributed by atoms with E-state index in [0.717, 1.165) is 0 Å². The van der Waals surface area contributed by atoms with Gasteiger partial charge in [-0.3, -0.25) is 25.1 Å². The van der Waals surface area contributed by atoms with Crippen molar-refractivity contribution in [3.8, 4) is 0 Å². The summed E-state index contributed by atoms with van der Waals surface area (Å²) >= 11 is 0. The van der Waals surface area contributed by atoms with Gasteiger partial charge in [-0.1, -0.05) is 13.0 Å². The van der Waals surface area contributed by atoms with Gasteiger partial charge in [0.1, 0.15) is 0 Å². The summed E-state index contributed by atoms with van der Waals surface area (Å²) in [6, 6.07) is -0.277. The summed E-state index contributed by atoms with van der Waals surface area (Å²) in [7, 11) is 0. The summed E-state index contributed by atoms with van der Waals surface area (Å²) < 4.78 is 0. The Morgan fingerprint density at radius 3 is 2.55 bits per heavy atom. The molecule has 8 nitrogen and oxygen atoms in total. The van der Waals surface area contributed by atoms with Crippen molar-refractivity contribution in [2.75, 3.05) is 19.7 Å². The largest absolute Gasteiger partial charge is 0.395 e. The van der Waals surface area contributed by atoms with Crippen LogP contribution in [0, 0.1) is 20.2 Å². The maximum absolute atomic E-state index is 11.5. The molecule has 2 aliphatic rings. The van der Waals surface area contributed by atoms with Crippen LogP contribution >= 0.6 is 0 Å². The number of hydrogen-bond donors (Lipinski definition) is 1. The first kappa shape index (κ1) is 14.9. The first-order valence-corrected chi connectivity index (χ1v) is 6.71. The fourth-order valence-electron chi connectivity index (χ4n) is 3.35. The van der Waals surface area contributed by atoms with E-state index in [4.69, 9.17) is 0 Å². The molecule has 20 heavy (non-hydrogen) atoms. The number of likely N-dealkylation sites (tertiary alicyclic amines) is 1. The van der Waals surface area contributed by atoms with Crippen molar-refractivity contribution in [1.29, 1.82) is 0 Å². The summed E-state index contributed by atoms with van der Waals surface area (Å²) in [5.41, 5.74) is -2.73. The number of nitro groups is 2. The van der Waals surface area contributed by atoms with Crippen LogP contribution in [-0.2, 0) is 0 Å². The number of hydrogen-bond acceptors (Lipinski definition) is 6. The van der Waals surface area contributed by atoms with Crippen LogP contribution in [0.2, 0.25) is 0 Å². The second-order valence-corrected chi connectivity index (χ2v) is 5.78. The molecule has 0 spiro atoms. The number of aliphatic hydroxyl groups is 1. The summed E-state index contributed by atoms with van der Waals surface area (Å²) in [4.78, 5) is 23.8. The Morgan fingerprint density at radius 2 is 2.05 bits per heavy atom. The van der Waals surface area contributed by atoms with Crippen LogP contribution < -0.4 is 0 Å². The molecule has 0 amide bonds. The summed E-state index contributed by atoms with van der Waals surface area (Å²) in [6.07, 6.45) is 3.78. The lowest BCUT2D eigenvalue weighted by Gasteiger charge is -2.46. The van der Waals surface area contributed by atoms with Crippen LogP contribution in [0.4, 0.5) is 0 Å². The van der Waals surface area contributed by atoms with Gasteiger partial charge >= 0.3 is 0 Å². The van der Waals surface area contributed by atoms with Gasteiger partial charge in [0.25, 0.3) is 5.54 Å². The Labute approximate surface area is 116 Å². The molecule has 1 N–H and O–H groups in total. The minimum Gasteiger partial charge on any atom is -0.395 e. The second kappa shape index (κ2) is 5.10. The van der Waals surface area contributed by atoms with Crippen molar-refractivity contribution in [3.63, 3.8) is 0 Å². The van der Waals surface area contributed by atoms with E-state index in [2.05, 4.69) is 0 Å². The number of rotatable bonds is 5. The van der Waals surface area contributed by atoms with E-state index in [0.29, 0.717) is 6.42 Å².